The van der Waals surface area contributed by atoms with Gasteiger partial charge in [-0.2, -0.15) is 0 Å². The second-order valence-electron chi connectivity index (χ2n) is 9.27. The summed E-state index contributed by atoms with van der Waals surface area (Å²) in [5.41, 5.74) is 3.63. The van der Waals surface area contributed by atoms with E-state index in [-0.39, 0.29) is 24.1 Å². The molecule has 3 aromatic carbocycles. The van der Waals surface area contributed by atoms with Crippen molar-refractivity contribution in [1.29, 1.82) is 0 Å². The first-order valence-electron chi connectivity index (χ1n) is 12.8. The van der Waals surface area contributed by atoms with Crippen molar-refractivity contribution in [1.82, 2.24) is 14.9 Å². The van der Waals surface area contributed by atoms with Gasteiger partial charge in [-0.25, -0.2) is 9.97 Å². The third-order valence-corrected chi connectivity index (χ3v) is 7.28. The molecule has 0 saturated carbocycles. The van der Waals surface area contributed by atoms with Gasteiger partial charge < -0.3 is 19.7 Å². The number of aromatic nitrogens is 2. The fourth-order valence-corrected chi connectivity index (χ4v) is 5.21. The number of aryl methyl sites for hydroxylation is 2. The number of nitrogens with one attached hydrogen (secondary N) is 1. The van der Waals surface area contributed by atoms with Crippen LogP contribution in [0.15, 0.2) is 84.0 Å². The second kappa shape index (κ2) is 14.0. The summed E-state index contributed by atoms with van der Waals surface area (Å²) in [7, 11) is 3.14. The van der Waals surface area contributed by atoms with Crippen LogP contribution < -0.4 is 14.8 Å². The highest BCUT2D eigenvalue weighted by atomic mass is 35.5. The highest BCUT2D eigenvalue weighted by Gasteiger charge is 2.32. The van der Waals surface area contributed by atoms with Crippen LogP contribution in [0.1, 0.15) is 28.6 Å². The van der Waals surface area contributed by atoms with Crippen molar-refractivity contribution in [3.63, 3.8) is 0 Å². The predicted octanol–water partition coefficient (Wildman–Crippen LogP) is 6.26. The number of hydrogen-bond donors (Lipinski definition) is 1. The lowest BCUT2D eigenvalue weighted by atomic mass is 10.0. The van der Waals surface area contributed by atoms with Gasteiger partial charge in [-0.3, -0.25) is 9.59 Å². The minimum absolute atomic E-state index is 0.0345. The fourth-order valence-electron chi connectivity index (χ4n) is 4.25. The Morgan fingerprint density at radius 3 is 2.20 bits per heavy atom. The molecular formula is C31H31ClN4O4S. The van der Waals surface area contributed by atoms with Gasteiger partial charge in [-0.15, -0.1) is 0 Å². The summed E-state index contributed by atoms with van der Waals surface area (Å²) < 4.78 is 10.7. The minimum Gasteiger partial charge on any atom is -0.497 e. The minimum atomic E-state index is -0.976. The summed E-state index contributed by atoms with van der Waals surface area (Å²) in [4.78, 5) is 38.4. The first-order chi connectivity index (χ1) is 19.7. The smallest absolute Gasteiger partial charge is 0.251 e. The second-order valence-corrected chi connectivity index (χ2v) is 10.6. The number of hydrogen-bond acceptors (Lipinski definition) is 7. The molecule has 1 aromatic heterocycles. The van der Waals surface area contributed by atoms with Gasteiger partial charge in [0.1, 0.15) is 17.5 Å². The van der Waals surface area contributed by atoms with Crippen molar-refractivity contribution < 1.29 is 19.1 Å². The van der Waals surface area contributed by atoms with Crippen LogP contribution in [-0.2, 0) is 16.1 Å². The first-order valence-corrected chi connectivity index (χ1v) is 14.2. The molecular weight excluding hydrogens is 560 g/mol. The highest BCUT2D eigenvalue weighted by Crippen LogP contribution is 2.30. The third kappa shape index (κ3) is 8.22. The topological polar surface area (TPSA) is 93.7 Å². The molecule has 4 aromatic rings. The van der Waals surface area contributed by atoms with Crippen molar-refractivity contribution in [2.75, 3.05) is 25.3 Å². The zero-order valence-corrected chi connectivity index (χ0v) is 24.8. The summed E-state index contributed by atoms with van der Waals surface area (Å²) in [6.07, 6.45) is 0. The van der Waals surface area contributed by atoms with E-state index < -0.39 is 6.04 Å². The maximum atomic E-state index is 14.0. The third-order valence-electron chi connectivity index (χ3n) is 6.20. The van der Waals surface area contributed by atoms with E-state index in [4.69, 9.17) is 21.1 Å². The van der Waals surface area contributed by atoms with Gasteiger partial charge >= 0.3 is 0 Å². The molecule has 0 aliphatic carbocycles. The number of benzene rings is 3. The molecule has 1 N–H and O–H groups in total. The van der Waals surface area contributed by atoms with Crippen molar-refractivity contribution in [3.8, 4) is 11.5 Å². The molecule has 1 atom stereocenters. The quantitative estimate of drug-likeness (QED) is 0.163. The number of amides is 2. The van der Waals surface area contributed by atoms with Crippen molar-refractivity contribution in [3.05, 3.63) is 106 Å². The molecule has 1 heterocycles. The highest BCUT2D eigenvalue weighted by molar-refractivity contribution is 7.99. The van der Waals surface area contributed by atoms with E-state index in [1.54, 1.807) is 73.7 Å². The molecule has 0 bridgehead atoms. The molecule has 4 rings (SSSR count). The average Bonchev–Trinajstić information content (AvgIpc) is 2.96. The van der Waals surface area contributed by atoms with Crippen LogP contribution in [0.4, 0.5) is 5.69 Å². The molecule has 0 aliphatic rings. The van der Waals surface area contributed by atoms with Gasteiger partial charge in [-0.1, -0.05) is 47.6 Å². The van der Waals surface area contributed by atoms with Gasteiger partial charge in [0.2, 0.25) is 5.91 Å². The Labute approximate surface area is 249 Å². The van der Waals surface area contributed by atoms with E-state index in [1.165, 1.54) is 11.8 Å². The molecule has 0 saturated heterocycles. The summed E-state index contributed by atoms with van der Waals surface area (Å²) >= 11 is 7.36. The Morgan fingerprint density at radius 1 is 0.902 bits per heavy atom. The molecule has 41 heavy (non-hydrogen) atoms. The number of halogens is 1. The van der Waals surface area contributed by atoms with Gasteiger partial charge in [0.05, 0.1) is 20.0 Å². The van der Waals surface area contributed by atoms with Gasteiger partial charge in [0.25, 0.3) is 5.91 Å². The predicted molar refractivity (Wildman–Crippen MR) is 162 cm³/mol. The van der Waals surface area contributed by atoms with Crippen LogP contribution in [0.5, 0.6) is 11.5 Å². The molecule has 212 valence electrons. The number of nitrogens with zero attached hydrogens (tertiary/aromatic N) is 3. The van der Waals surface area contributed by atoms with E-state index in [2.05, 4.69) is 15.3 Å². The summed E-state index contributed by atoms with van der Waals surface area (Å²) in [6.45, 7) is 3.94. The number of methoxy groups -OCH3 is 2. The molecule has 0 radical (unpaired) electrons. The average molecular weight is 591 g/mol. The van der Waals surface area contributed by atoms with E-state index in [1.807, 2.05) is 38.1 Å². The Kier molecular flexibility index (Phi) is 10.2. The number of carbonyl (C=O) groups excluding carboxylic acids is 2. The molecule has 10 heteroatoms. The molecule has 2 amide bonds. The molecule has 0 fully saturated rings. The Hall–Kier alpha value is -4.08. The van der Waals surface area contributed by atoms with Crippen LogP contribution in [0.25, 0.3) is 0 Å². The lowest BCUT2D eigenvalue weighted by molar-refractivity contribution is -0.137. The fraction of sp³-hybridized carbons (Fsp3) is 0.226. The molecule has 0 unspecified atom stereocenters. The monoisotopic (exact) mass is 590 g/mol. The van der Waals surface area contributed by atoms with Gasteiger partial charge in [0, 0.05) is 28.6 Å². The van der Waals surface area contributed by atoms with Gasteiger partial charge in [0.15, 0.2) is 5.16 Å². The molecule has 0 spiro atoms. The summed E-state index contributed by atoms with van der Waals surface area (Å²) in [6, 6.07) is 22.3. The van der Waals surface area contributed by atoms with E-state index in [0.29, 0.717) is 32.9 Å². The molecule has 8 nitrogen and oxygen atoms in total. The normalized spacial score (nSPS) is 11.4. The Morgan fingerprint density at radius 2 is 1.56 bits per heavy atom. The van der Waals surface area contributed by atoms with Gasteiger partial charge in [-0.05, 0) is 79.6 Å². The Balaban J connectivity index is 1.71. The van der Waals surface area contributed by atoms with Crippen LogP contribution in [0.3, 0.4) is 0 Å². The number of rotatable bonds is 11. The largest absolute Gasteiger partial charge is 0.497 e. The zero-order valence-electron chi connectivity index (χ0n) is 23.3. The van der Waals surface area contributed by atoms with Crippen molar-refractivity contribution in [2.24, 2.45) is 0 Å². The standard InChI is InChI=1S/C31H31ClN4O4S/c1-20-16-21(2)34-31(33-20)41-19-28(37)36(18-22-8-10-24(32)11-9-22)29(23-6-5-7-27(17-23)40-4)30(38)35-25-12-14-26(39-3)15-13-25/h5-17,29H,18-19H2,1-4H3,(H,35,38)/t29-/m0/s1. The number of thioether (sulfide) groups is 1. The van der Waals surface area contributed by atoms with E-state index in [0.717, 1.165) is 17.0 Å². The van der Waals surface area contributed by atoms with Crippen molar-refractivity contribution in [2.45, 2.75) is 31.6 Å². The number of ether oxygens (including phenoxy) is 2. The number of carbonyl (C=O) groups is 2. The van der Waals surface area contributed by atoms with Crippen LogP contribution >= 0.6 is 23.4 Å². The molecule has 0 aliphatic heterocycles. The van der Waals surface area contributed by atoms with Crippen LogP contribution in [0, 0.1) is 13.8 Å². The maximum Gasteiger partial charge on any atom is 0.251 e. The first kappa shape index (κ1) is 29.9. The van der Waals surface area contributed by atoms with Crippen LogP contribution in [0.2, 0.25) is 5.02 Å². The SMILES string of the molecule is COc1ccc(NC(=O)[C@H](c2cccc(OC)c2)N(Cc2ccc(Cl)cc2)C(=O)CSc2nc(C)cc(C)n2)cc1. The summed E-state index contributed by atoms with van der Waals surface area (Å²) in [5, 5.41) is 4.05. The Bertz CT molecular complexity index is 1480. The van der Waals surface area contributed by atoms with E-state index in [9.17, 15) is 9.59 Å². The zero-order chi connectivity index (χ0) is 29.4. The lowest BCUT2D eigenvalue weighted by Crippen LogP contribution is -2.41. The summed E-state index contributed by atoms with van der Waals surface area (Å²) in [5.74, 6) is 0.634. The maximum absolute atomic E-state index is 14.0. The number of anilines is 1. The lowest BCUT2D eigenvalue weighted by Gasteiger charge is -2.32. The van der Waals surface area contributed by atoms with Crippen molar-refractivity contribution >= 4 is 40.9 Å². The van der Waals surface area contributed by atoms with E-state index >= 15 is 0 Å². The van der Waals surface area contributed by atoms with Crippen LogP contribution in [-0.4, -0.2) is 46.7 Å².